The Morgan fingerprint density at radius 3 is 2.32 bits per heavy atom. The first-order valence-corrected chi connectivity index (χ1v) is 8.76. The molecule has 0 aromatic heterocycles. The van der Waals surface area contributed by atoms with E-state index < -0.39 is 9.05 Å². The number of epoxide rings is 1. The number of ether oxygens (including phenoxy) is 1. The zero-order valence-electron chi connectivity index (χ0n) is 12.4. The van der Waals surface area contributed by atoms with Gasteiger partial charge in [-0.15, -0.1) is 0 Å². The Bertz CT molecular complexity index is 276. The molecule has 1 heterocycles. The Morgan fingerprint density at radius 2 is 1.79 bits per heavy atom. The summed E-state index contributed by atoms with van der Waals surface area (Å²) in [7, 11) is 1.82. The topological polar surface area (TPSA) is 49.5 Å². The molecule has 19 heavy (non-hydrogen) atoms. The lowest BCUT2D eigenvalue weighted by Crippen LogP contribution is -2.47. The smallest absolute Gasteiger partial charge is 0.370 e. The molecule has 0 bridgehead atoms. The number of hydrogen-bond acceptors (Lipinski definition) is 5. The lowest BCUT2D eigenvalue weighted by atomic mass is 9.79. The van der Waals surface area contributed by atoms with Gasteiger partial charge in [0.2, 0.25) is 0 Å². The van der Waals surface area contributed by atoms with E-state index in [0.717, 1.165) is 6.42 Å². The SMILES string of the molecule is CCC(CO[Si](OC)(OC)OC)C1CCC2OC2C1. The summed E-state index contributed by atoms with van der Waals surface area (Å²) < 4.78 is 27.4. The fourth-order valence-electron chi connectivity index (χ4n) is 3.09. The Kier molecular flexibility index (Phi) is 5.39. The fraction of sp³-hybridized carbons (Fsp3) is 1.00. The van der Waals surface area contributed by atoms with E-state index >= 15 is 0 Å². The van der Waals surface area contributed by atoms with Crippen LogP contribution in [0.1, 0.15) is 32.6 Å². The minimum atomic E-state index is -2.90. The van der Waals surface area contributed by atoms with E-state index in [1.54, 1.807) is 21.3 Å². The lowest BCUT2D eigenvalue weighted by Gasteiger charge is -2.30. The summed E-state index contributed by atoms with van der Waals surface area (Å²) in [6.45, 7) is 2.85. The maximum Gasteiger partial charge on any atom is 0.678 e. The Balaban J connectivity index is 1.84. The van der Waals surface area contributed by atoms with E-state index in [4.69, 9.17) is 22.4 Å². The molecular weight excluding hydrogens is 264 g/mol. The van der Waals surface area contributed by atoms with Crippen LogP contribution in [0.5, 0.6) is 0 Å². The molecule has 0 spiro atoms. The Morgan fingerprint density at radius 1 is 1.11 bits per heavy atom. The van der Waals surface area contributed by atoms with Crippen LogP contribution in [0.3, 0.4) is 0 Å². The molecule has 1 aliphatic carbocycles. The molecule has 4 unspecified atom stereocenters. The van der Waals surface area contributed by atoms with Gasteiger partial charge in [-0.2, -0.15) is 0 Å². The van der Waals surface area contributed by atoms with Crippen LogP contribution in [0, 0.1) is 11.8 Å². The quantitative estimate of drug-likeness (QED) is 0.505. The van der Waals surface area contributed by atoms with E-state index in [2.05, 4.69) is 6.92 Å². The second kappa shape index (κ2) is 6.65. The highest BCUT2D eigenvalue weighted by molar-refractivity contribution is 6.53. The molecule has 1 aliphatic heterocycles. The van der Waals surface area contributed by atoms with Gasteiger partial charge in [0.25, 0.3) is 0 Å². The van der Waals surface area contributed by atoms with Crippen LogP contribution in [-0.4, -0.2) is 49.2 Å². The summed E-state index contributed by atoms with van der Waals surface area (Å²) in [5.74, 6) is 1.21. The van der Waals surface area contributed by atoms with Gasteiger partial charge in [-0.3, -0.25) is 0 Å². The molecule has 5 nitrogen and oxygen atoms in total. The van der Waals surface area contributed by atoms with Crippen LogP contribution in [0.25, 0.3) is 0 Å². The Labute approximate surface area is 117 Å². The van der Waals surface area contributed by atoms with Crippen LogP contribution < -0.4 is 0 Å². The molecule has 0 radical (unpaired) electrons. The molecule has 4 atom stereocenters. The van der Waals surface area contributed by atoms with Gasteiger partial charge in [-0.1, -0.05) is 13.3 Å². The van der Waals surface area contributed by atoms with Crippen molar-refractivity contribution >= 4 is 9.05 Å². The molecule has 0 aromatic rings. The largest absolute Gasteiger partial charge is 0.678 e. The van der Waals surface area contributed by atoms with Crippen molar-refractivity contribution in [3.63, 3.8) is 0 Å². The zero-order valence-corrected chi connectivity index (χ0v) is 13.4. The lowest BCUT2D eigenvalue weighted by molar-refractivity contribution is -0.0108. The molecule has 1 saturated carbocycles. The molecule has 2 fully saturated rings. The van der Waals surface area contributed by atoms with Gasteiger partial charge in [-0.25, -0.2) is 0 Å². The van der Waals surface area contributed by atoms with Gasteiger partial charge >= 0.3 is 9.05 Å². The molecular formula is C13H26O5Si. The van der Waals surface area contributed by atoms with Crippen molar-refractivity contribution < 1.29 is 22.4 Å². The summed E-state index contributed by atoms with van der Waals surface area (Å²) in [6.07, 6.45) is 5.79. The summed E-state index contributed by atoms with van der Waals surface area (Å²) in [5, 5.41) is 0. The molecule has 1 saturated heterocycles. The van der Waals surface area contributed by atoms with Crippen molar-refractivity contribution in [1.29, 1.82) is 0 Å². The normalized spacial score (nSPS) is 31.9. The van der Waals surface area contributed by atoms with E-state index in [-0.39, 0.29) is 0 Å². The minimum absolute atomic E-state index is 0.516. The van der Waals surface area contributed by atoms with Crippen molar-refractivity contribution in [3.05, 3.63) is 0 Å². The first-order chi connectivity index (χ1) is 9.18. The van der Waals surface area contributed by atoms with Gasteiger partial charge in [0.15, 0.2) is 0 Å². The van der Waals surface area contributed by atoms with E-state index in [0.29, 0.717) is 30.7 Å². The summed E-state index contributed by atoms with van der Waals surface area (Å²) in [5.41, 5.74) is 0. The Hall–Kier alpha value is 0.0169. The molecule has 0 aromatic carbocycles. The van der Waals surface area contributed by atoms with E-state index in [9.17, 15) is 0 Å². The molecule has 2 aliphatic rings. The minimum Gasteiger partial charge on any atom is -0.370 e. The highest BCUT2D eigenvalue weighted by Crippen LogP contribution is 2.43. The van der Waals surface area contributed by atoms with Crippen molar-refractivity contribution in [2.45, 2.75) is 44.8 Å². The third kappa shape index (κ3) is 3.56. The van der Waals surface area contributed by atoms with Gasteiger partial charge in [-0.05, 0) is 31.1 Å². The first-order valence-electron chi connectivity index (χ1n) is 7.12. The van der Waals surface area contributed by atoms with E-state index in [1.807, 2.05) is 0 Å². The van der Waals surface area contributed by atoms with Crippen molar-refractivity contribution in [2.24, 2.45) is 11.8 Å². The van der Waals surface area contributed by atoms with Crippen molar-refractivity contribution in [1.82, 2.24) is 0 Å². The number of hydrogen-bond donors (Lipinski definition) is 0. The van der Waals surface area contributed by atoms with Gasteiger partial charge in [0.1, 0.15) is 0 Å². The van der Waals surface area contributed by atoms with Gasteiger partial charge in [0, 0.05) is 27.9 Å². The summed E-state index contributed by atoms with van der Waals surface area (Å²) in [6, 6.07) is 0. The standard InChI is InChI=1S/C13H26O5Si/c1-5-10(9-17-19(14-2,15-3)16-4)11-6-7-12-13(8-11)18-12/h10-13H,5-9H2,1-4H3. The van der Waals surface area contributed by atoms with E-state index in [1.165, 1.54) is 19.3 Å². The maximum atomic E-state index is 5.86. The highest BCUT2D eigenvalue weighted by Gasteiger charge is 2.47. The molecule has 6 heteroatoms. The number of fused-ring (bicyclic) bond motifs is 1. The molecule has 0 N–H and O–H groups in total. The van der Waals surface area contributed by atoms with Crippen LogP contribution in [-0.2, 0) is 22.4 Å². The molecule has 2 rings (SSSR count). The predicted octanol–water partition coefficient (Wildman–Crippen LogP) is 1.97. The van der Waals surface area contributed by atoms with Crippen LogP contribution in [0.2, 0.25) is 0 Å². The molecule has 112 valence electrons. The zero-order chi connectivity index (χ0) is 13.9. The molecule has 0 amide bonds. The second-order valence-corrected chi connectivity index (χ2v) is 7.89. The first kappa shape index (κ1) is 15.4. The van der Waals surface area contributed by atoms with Crippen LogP contribution in [0.4, 0.5) is 0 Å². The summed E-state index contributed by atoms with van der Waals surface area (Å²) in [4.78, 5) is 0. The fourth-order valence-corrected chi connectivity index (χ4v) is 4.36. The number of rotatable bonds is 8. The van der Waals surface area contributed by atoms with Gasteiger partial charge < -0.3 is 22.4 Å². The van der Waals surface area contributed by atoms with Gasteiger partial charge in [0.05, 0.1) is 12.2 Å². The monoisotopic (exact) mass is 290 g/mol. The maximum absolute atomic E-state index is 5.86. The van der Waals surface area contributed by atoms with Crippen LogP contribution in [0.15, 0.2) is 0 Å². The second-order valence-electron chi connectivity index (χ2n) is 5.38. The van der Waals surface area contributed by atoms with Crippen molar-refractivity contribution in [3.8, 4) is 0 Å². The highest BCUT2D eigenvalue weighted by atomic mass is 28.4. The third-order valence-electron chi connectivity index (χ3n) is 4.46. The third-order valence-corrected chi connectivity index (χ3v) is 6.48. The summed E-state index contributed by atoms with van der Waals surface area (Å²) >= 11 is 0. The average molecular weight is 290 g/mol. The van der Waals surface area contributed by atoms with Crippen molar-refractivity contribution in [2.75, 3.05) is 27.9 Å². The predicted molar refractivity (Wildman–Crippen MR) is 72.5 cm³/mol. The van der Waals surface area contributed by atoms with Crippen LogP contribution >= 0.6 is 0 Å². The average Bonchev–Trinajstić information content (AvgIpc) is 3.23.